The molecule has 7 heteroatoms. The zero-order chi connectivity index (χ0) is 14.3. The predicted molar refractivity (Wildman–Crippen MR) is 78.9 cm³/mol. The van der Waals surface area contributed by atoms with Crippen molar-refractivity contribution in [2.45, 2.75) is 0 Å². The average molecular weight is 348 g/mol. The van der Waals surface area contributed by atoms with Crippen molar-refractivity contribution in [1.82, 2.24) is 0 Å². The van der Waals surface area contributed by atoms with Crippen LogP contribution >= 0.6 is 27.7 Å². The number of benzene rings is 1. The molecule has 0 spiro atoms. The van der Waals surface area contributed by atoms with Crippen LogP contribution in [0.1, 0.15) is 10.4 Å². The highest BCUT2D eigenvalue weighted by atomic mass is 79.9. The lowest BCUT2D eigenvalue weighted by molar-refractivity contribution is -0.113. The van der Waals surface area contributed by atoms with Crippen LogP contribution in [0.15, 0.2) is 22.7 Å². The minimum absolute atomic E-state index is 0.134. The molecule has 0 aliphatic carbocycles. The molecule has 0 bridgehead atoms. The summed E-state index contributed by atoms with van der Waals surface area (Å²) in [7, 11) is 1.61. The molecule has 104 valence electrons. The van der Waals surface area contributed by atoms with Gasteiger partial charge in [-0.3, -0.25) is 4.79 Å². The van der Waals surface area contributed by atoms with Crippen molar-refractivity contribution in [2.24, 2.45) is 0 Å². The van der Waals surface area contributed by atoms with E-state index in [9.17, 15) is 9.59 Å². The zero-order valence-electron chi connectivity index (χ0n) is 10.3. The highest BCUT2D eigenvalue weighted by Crippen LogP contribution is 2.23. The monoisotopic (exact) mass is 347 g/mol. The molecule has 0 aliphatic rings. The van der Waals surface area contributed by atoms with Crippen molar-refractivity contribution < 1.29 is 19.4 Å². The zero-order valence-corrected chi connectivity index (χ0v) is 12.7. The first-order valence-corrected chi connectivity index (χ1v) is 7.38. The number of carbonyl (C=O) groups excluding carboxylic acids is 1. The standard InChI is InChI=1S/C12H14BrNO4S/c1-18-4-5-19-7-11(15)14-10-3-2-8(12(16)17)6-9(10)13/h2-3,6H,4-5,7H2,1H3,(H,14,15)(H,16,17). The van der Waals surface area contributed by atoms with Crippen molar-refractivity contribution in [3.05, 3.63) is 28.2 Å². The smallest absolute Gasteiger partial charge is 0.335 e. The number of ether oxygens (including phenoxy) is 1. The second kappa shape index (κ2) is 8.19. The first kappa shape index (κ1) is 16.0. The van der Waals surface area contributed by atoms with Gasteiger partial charge in [0.1, 0.15) is 0 Å². The van der Waals surface area contributed by atoms with Gasteiger partial charge in [-0.05, 0) is 34.1 Å². The van der Waals surface area contributed by atoms with E-state index in [2.05, 4.69) is 21.2 Å². The number of methoxy groups -OCH3 is 1. The topological polar surface area (TPSA) is 75.6 Å². The molecule has 0 saturated carbocycles. The molecule has 0 saturated heterocycles. The van der Waals surface area contributed by atoms with Crippen LogP contribution in [0.25, 0.3) is 0 Å². The number of carboxylic acids is 1. The van der Waals surface area contributed by atoms with Crippen LogP contribution in [0, 0.1) is 0 Å². The number of anilines is 1. The lowest BCUT2D eigenvalue weighted by atomic mass is 10.2. The molecule has 0 fully saturated rings. The van der Waals surface area contributed by atoms with Crippen molar-refractivity contribution in [1.29, 1.82) is 0 Å². The van der Waals surface area contributed by atoms with Gasteiger partial charge in [-0.1, -0.05) is 0 Å². The molecule has 1 aromatic rings. The van der Waals surface area contributed by atoms with Crippen LogP contribution in [-0.2, 0) is 9.53 Å². The molecular weight excluding hydrogens is 334 g/mol. The summed E-state index contributed by atoms with van der Waals surface area (Å²) < 4.78 is 5.43. The fourth-order valence-electron chi connectivity index (χ4n) is 1.24. The Kier molecular flexibility index (Phi) is 6.90. The molecule has 19 heavy (non-hydrogen) atoms. The Balaban J connectivity index is 2.52. The van der Waals surface area contributed by atoms with E-state index in [0.717, 1.165) is 5.75 Å². The van der Waals surface area contributed by atoms with Gasteiger partial charge >= 0.3 is 5.97 Å². The number of aromatic carboxylic acids is 1. The summed E-state index contributed by atoms with van der Waals surface area (Å²) in [6.07, 6.45) is 0. The summed E-state index contributed by atoms with van der Waals surface area (Å²) >= 11 is 4.70. The first-order chi connectivity index (χ1) is 9.04. The van der Waals surface area contributed by atoms with Gasteiger partial charge in [-0.2, -0.15) is 0 Å². The van der Waals surface area contributed by atoms with Crippen molar-refractivity contribution >= 4 is 45.3 Å². The number of carbonyl (C=O) groups is 2. The fourth-order valence-corrected chi connectivity index (χ4v) is 2.41. The molecule has 0 heterocycles. The minimum atomic E-state index is -1.01. The van der Waals surface area contributed by atoms with Gasteiger partial charge in [0.05, 0.1) is 23.6 Å². The molecule has 2 N–H and O–H groups in total. The van der Waals surface area contributed by atoms with Crippen LogP contribution in [-0.4, -0.2) is 42.2 Å². The summed E-state index contributed by atoms with van der Waals surface area (Å²) in [4.78, 5) is 22.4. The van der Waals surface area contributed by atoms with E-state index in [1.54, 1.807) is 13.2 Å². The van der Waals surface area contributed by atoms with E-state index < -0.39 is 5.97 Å². The molecule has 5 nitrogen and oxygen atoms in total. The number of amides is 1. The van der Waals surface area contributed by atoms with Gasteiger partial charge in [-0.25, -0.2) is 4.79 Å². The summed E-state index contributed by atoms with van der Waals surface area (Å²) in [5.74, 6) is -0.0573. The third-order valence-electron chi connectivity index (χ3n) is 2.16. The van der Waals surface area contributed by atoms with Gasteiger partial charge in [0.15, 0.2) is 0 Å². The third kappa shape index (κ3) is 5.63. The SMILES string of the molecule is COCCSCC(=O)Nc1ccc(C(=O)O)cc1Br. The van der Waals surface area contributed by atoms with Crippen LogP contribution in [0.5, 0.6) is 0 Å². The molecular formula is C12H14BrNO4S. The number of halogens is 1. The Morgan fingerprint density at radius 3 is 2.79 bits per heavy atom. The number of nitrogens with one attached hydrogen (secondary N) is 1. The highest BCUT2D eigenvalue weighted by molar-refractivity contribution is 9.10. The van der Waals surface area contributed by atoms with Gasteiger partial charge in [0.25, 0.3) is 0 Å². The van der Waals surface area contributed by atoms with Gasteiger partial charge in [0.2, 0.25) is 5.91 Å². The van der Waals surface area contributed by atoms with Gasteiger partial charge < -0.3 is 15.2 Å². The highest BCUT2D eigenvalue weighted by Gasteiger charge is 2.09. The van der Waals surface area contributed by atoms with Crippen LogP contribution in [0.4, 0.5) is 5.69 Å². The molecule has 0 unspecified atom stereocenters. The Hall–Kier alpha value is -1.05. The second-order valence-electron chi connectivity index (χ2n) is 3.59. The lowest BCUT2D eigenvalue weighted by Crippen LogP contribution is -2.15. The molecule has 1 rings (SSSR count). The predicted octanol–water partition coefficient (Wildman–Crippen LogP) is 2.47. The maximum Gasteiger partial charge on any atom is 0.335 e. The summed E-state index contributed by atoms with van der Waals surface area (Å²) in [5.41, 5.74) is 0.724. The third-order valence-corrected chi connectivity index (χ3v) is 3.73. The molecule has 0 aliphatic heterocycles. The molecule has 1 aromatic carbocycles. The van der Waals surface area contributed by atoms with Gasteiger partial charge in [0, 0.05) is 17.3 Å². The van der Waals surface area contributed by atoms with E-state index in [4.69, 9.17) is 9.84 Å². The first-order valence-electron chi connectivity index (χ1n) is 5.44. The van der Waals surface area contributed by atoms with Gasteiger partial charge in [-0.15, -0.1) is 11.8 Å². The summed E-state index contributed by atoms with van der Waals surface area (Å²) in [6.45, 7) is 0.606. The number of rotatable bonds is 7. The minimum Gasteiger partial charge on any atom is -0.478 e. The van der Waals surface area contributed by atoms with E-state index >= 15 is 0 Å². The number of hydrogen-bond donors (Lipinski definition) is 2. The second-order valence-corrected chi connectivity index (χ2v) is 5.55. The normalized spacial score (nSPS) is 10.2. The van der Waals surface area contributed by atoms with Crippen LogP contribution < -0.4 is 5.32 Å². The molecule has 0 radical (unpaired) electrons. The Labute approximate surface area is 123 Å². The van der Waals surface area contributed by atoms with Crippen molar-refractivity contribution in [2.75, 3.05) is 30.5 Å². The molecule has 1 amide bonds. The lowest BCUT2D eigenvalue weighted by Gasteiger charge is -2.08. The van der Waals surface area contributed by atoms with Crippen molar-refractivity contribution in [3.63, 3.8) is 0 Å². The van der Waals surface area contributed by atoms with E-state index in [-0.39, 0.29) is 11.5 Å². The summed E-state index contributed by atoms with van der Waals surface area (Å²) in [6, 6.07) is 4.46. The Bertz CT molecular complexity index is 467. The van der Waals surface area contributed by atoms with E-state index in [1.807, 2.05) is 0 Å². The van der Waals surface area contributed by atoms with E-state index in [0.29, 0.717) is 22.5 Å². The number of thioether (sulfide) groups is 1. The number of hydrogen-bond acceptors (Lipinski definition) is 4. The van der Waals surface area contributed by atoms with Crippen LogP contribution in [0.2, 0.25) is 0 Å². The Morgan fingerprint density at radius 1 is 1.47 bits per heavy atom. The quantitative estimate of drug-likeness (QED) is 0.741. The maximum atomic E-state index is 11.6. The van der Waals surface area contributed by atoms with Crippen molar-refractivity contribution in [3.8, 4) is 0 Å². The maximum absolute atomic E-state index is 11.6. The largest absolute Gasteiger partial charge is 0.478 e. The number of carboxylic acid groups (broad SMARTS) is 1. The molecule has 0 atom stereocenters. The Morgan fingerprint density at radius 2 is 2.21 bits per heavy atom. The molecule has 0 aromatic heterocycles. The summed E-state index contributed by atoms with van der Waals surface area (Å²) in [5, 5.41) is 11.5. The average Bonchev–Trinajstić information content (AvgIpc) is 2.37. The van der Waals surface area contributed by atoms with E-state index in [1.165, 1.54) is 23.9 Å². The van der Waals surface area contributed by atoms with Crippen LogP contribution in [0.3, 0.4) is 0 Å². The fraction of sp³-hybridized carbons (Fsp3) is 0.333.